The van der Waals surface area contributed by atoms with E-state index in [1.807, 2.05) is 0 Å². The number of ether oxygens (including phenoxy) is 3. The normalized spacial score (nSPS) is 25.7. The molecule has 2 saturated heterocycles. The predicted octanol–water partition coefficient (Wildman–Crippen LogP) is 13.0. The second-order valence-electron chi connectivity index (χ2n) is 24.8. The monoisotopic (exact) mass is 1290 g/mol. The second kappa shape index (κ2) is 44.2. The average molecular weight is 1290 g/mol. The van der Waals surface area contributed by atoms with Crippen molar-refractivity contribution in [3.8, 4) is 0 Å². The smallest absolute Gasteiger partial charge is 0.276 e. The molecule has 89 heavy (non-hydrogen) atoms. The van der Waals surface area contributed by atoms with Crippen molar-refractivity contribution in [2.75, 3.05) is 19.8 Å². The summed E-state index contributed by atoms with van der Waals surface area (Å²) in [6.45, 7) is 24.8. The summed E-state index contributed by atoms with van der Waals surface area (Å²) >= 11 is 0. The Balaban J connectivity index is 1.68. The van der Waals surface area contributed by atoms with Gasteiger partial charge < -0.3 is 64.5 Å². The average Bonchev–Trinajstić information content (AvgIpc) is 0.975. The molecule has 3 unspecified atom stereocenters. The minimum Gasteiger partial charge on any atom is -0.756 e. The molecular formula is C69H113NO17P2-2. The second-order valence-corrected chi connectivity index (χ2v) is 27.7. The zero-order valence-electron chi connectivity index (χ0n) is 56.0. The molecule has 2 aliphatic rings. The lowest BCUT2D eigenvalue weighted by Crippen LogP contribution is -2.67. The van der Waals surface area contributed by atoms with Gasteiger partial charge in [0.05, 0.1) is 19.8 Å². The molecular weight excluding hydrogens is 1180 g/mol. The maximum atomic E-state index is 12.9. The summed E-state index contributed by atoms with van der Waals surface area (Å²) in [6, 6.07) is -1.83. The molecule has 7 N–H and O–H groups in total. The van der Waals surface area contributed by atoms with E-state index in [0.717, 1.165) is 128 Å². The number of allylic oxidation sites excluding steroid dienone is 21. The van der Waals surface area contributed by atoms with E-state index in [0.29, 0.717) is 12.8 Å². The largest absolute Gasteiger partial charge is 0.756 e. The Hall–Kier alpha value is -3.49. The van der Waals surface area contributed by atoms with Gasteiger partial charge in [-0.15, -0.1) is 0 Å². The summed E-state index contributed by atoms with van der Waals surface area (Å²) in [6.07, 6.45) is 29.3. The van der Waals surface area contributed by atoms with Crippen LogP contribution < -0.4 is 15.1 Å². The number of carbonyl (C=O) groups is 1. The summed E-state index contributed by atoms with van der Waals surface area (Å²) in [7, 11) is -11.5. The minimum absolute atomic E-state index is 0.562. The maximum Gasteiger partial charge on any atom is 0.276 e. The highest BCUT2D eigenvalue weighted by atomic mass is 31.3. The first-order valence-electron chi connectivity index (χ1n) is 32.0. The minimum atomic E-state index is -5.92. The molecule has 0 spiro atoms. The summed E-state index contributed by atoms with van der Waals surface area (Å²) < 4.78 is 55.7. The van der Waals surface area contributed by atoms with Crippen molar-refractivity contribution in [2.24, 2.45) is 0 Å². The van der Waals surface area contributed by atoms with Crippen LogP contribution in [0.15, 0.2) is 128 Å². The van der Waals surface area contributed by atoms with E-state index >= 15 is 0 Å². The molecule has 18 nitrogen and oxygen atoms in total. The Morgan fingerprint density at radius 2 is 0.742 bits per heavy atom. The fraction of sp³-hybridized carbons (Fsp3) is 0.667. The molecule has 0 aromatic heterocycles. The van der Waals surface area contributed by atoms with Gasteiger partial charge in [0.15, 0.2) is 12.6 Å². The van der Waals surface area contributed by atoms with Crippen LogP contribution in [0.2, 0.25) is 0 Å². The van der Waals surface area contributed by atoms with Gasteiger partial charge in [0.25, 0.3) is 15.6 Å². The van der Waals surface area contributed by atoms with Crippen molar-refractivity contribution in [3.05, 3.63) is 128 Å². The quantitative estimate of drug-likeness (QED) is 0.0221. The molecule has 2 fully saturated rings. The van der Waals surface area contributed by atoms with E-state index in [-0.39, 0.29) is 0 Å². The summed E-state index contributed by atoms with van der Waals surface area (Å²) in [5.74, 6) is -0.843. The Labute approximate surface area is 534 Å². The molecule has 20 heteroatoms. The van der Waals surface area contributed by atoms with E-state index in [4.69, 9.17) is 23.3 Å². The van der Waals surface area contributed by atoms with E-state index in [2.05, 4.69) is 147 Å². The van der Waals surface area contributed by atoms with Crippen LogP contribution >= 0.6 is 15.6 Å². The zero-order valence-corrected chi connectivity index (χ0v) is 57.7. The Kier molecular flexibility index (Phi) is 40.5. The van der Waals surface area contributed by atoms with Gasteiger partial charge in [0.1, 0.15) is 48.8 Å². The van der Waals surface area contributed by atoms with E-state index in [9.17, 15) is 54.4 Å². The standard InChI is InChI=1S/C69H115NO17P2/c1-48(2)24-14-25-49(3)26-15-27-50(4)28-16-29-51(5)30-17-31-52(6)32-18-33-53(7)34-19-35-54(8)36-20-37-55(9)38-21-39-56(10)40-22-41-57(11)42-23-43-58(12)44-45-82-88(78,79)87-89(80,81)86-68-62(70-59(13)73)64(75)67(61(47-72)84-68)85-69-66(77)65(76)63(74)60(46-71)83-69/h24,26,28,30,32,34,36,38,40,42,44,60-69,71-72,74-77H,14-23,25,27,29,31,33,35,37,39,41,43,45-47H2,1-13H3,(H,70,73)(H,78,79)(H,80,81)/p-2/b49-26+,50-28+,51-30-,52-32-,53-34-,54-36-,55-38-,56-40-,57-42-,58-44-/t60-,61-,62-,63-,64-,65+,66-,67-,68?,69+/m1/s1. The van der Waals surface area contributed by atoms with Gasteiger partial charge in [0.2, 0.25) is 5.91 Å². The number of phosphoric acid groups is 2. The Morgan fingerprint density at radius 3 is 1.06 bits per heavy atom. The van der Waals surface area contributed by atoms with Gasteiger partial charge in [-0.05, 0) is 212 Å². The lowest BCUT2D eigenvalue weighted by atomic mass is 9.95. The number of carbonyl (C=O) groups excluding carboxylic acids is 1. The Bertz CT molecular complexity index is 2590. The molecule has 1 amide bonds. The SMILES string of the molecule is CC(=O)N[C@H]1C(OP(=O)([O-])OP(=O)([O-])OC/C=C(/C)CC/C=C(/C)CC/C=C(/C)CC/C=C(/C)CC/C=C(/C)CC/C=C(/C)CC/C=C(/C)CC/C=C(/C)CC/C=C(\C)CC/C=C(\C)CCC=C(C)C)O[C@H](CO)[C@@H](O[C@@H]2O[C@H](CO)[C@@H](O)[C@H](O)[C@H]2O)[C@@H]1O. The van der Waals surface area contributed by atoms with Crippen LogP contribution in [0.4, 0.5) is 0 Å². The van der Waals surface area contributed by atoms with Crippen molar-refractivity contribution >= 4 is 21.6 Å². The number of hydrogen-bond donors (Lipinski definition) is 7. The van der Waals surface area contributed by atoms with Crippen molar-refractivity contribution in [2.45, 2.75) is 280 Å². The number of amides is 1. The van der Waals surface area contributed by atoms with Crippen molar-refractivity contribution < 1.29 is 81.9 Å². The highest BCUT2D eigenvalue weighted by Gasteiger charge is 2.52. The third-order valence-electron chi connectivity index (χ3n) is 15.8. The van der Waals surface area contributed by atoms with Gasteiger partial charge >= 0.3 is 0 Å². The fourth-order valence-electron chi connectivity index (χ4n) is 10.1. The number of hydrogen-bond acceptors (Lipinski definition) is 17. The molecule has 0 aliphatic carbocycles. The van der Waals surface area contributed by atoms with Gasteiger partial charge in [-0.2, -0.15) is 0 Å². The maximum absolute atomic E-state index is 12.9. The molecule has 0 aromatic carbocycles. The number of phosphoric ester groups is 2. The highest BCUT2D eigenvalue weighted by Crippen LogP contribution is 2.57. The number of nitrogens with one attached hydrogen (secondary N) is 1. The van der Waals surface area contributed by atoms with Crippen LogP contribution in [0, 0.1) is 0 Å². The number of aliphatic hydroxyl groups is 6. The van der Waals surface area contributed by atoms with Crippen LogP contribution in [0.5, 0.6) is 0 Å². The molecule has 0 aromatic rings. The van der Waals surface area contributed by atoms with Gasteiger partial charge in [-0.25, -0.2) is 4.31 Å². The molecule has 508 valence electrons. The van der Waals surface area contributed by atoms with Gasteiger partial charge in [-0.3, -0.25) is 18.4 Å². The Morgan fingerprint density at radius 1 is 0.427 bits per heavy atom. The van der Waals surface area contributed by atoms with E-state index < -0.39 is 103 Å². The molecule has 2 heterocycles. The highest BCUT2D eigenvalue weighted by molar-refractivity contribution is 7.59. The lowest BCUT2D eigenvalue weighted by molar-refractivity contribution is -0.347. The number of aliphatic hydroxyl groups excluding tert-OH is 6. The van der Waals surface area contributed by atoms with Crippen LogP contribution in [-0.2, 0) is 41.5 Å². The first kappa shape index (κ1) is 81.6. The molecule has 0 saturated carbocycles. The van der Waals surface area contributed by atoms with Crippen molar-refractivity contribution in [1.82, 2.24) is 5.32 Å². The summed E-state index contributed by atoms with van der Waals surface area (Å²) in [5.41, 5.74) is 15.1. The van der Waals surface area contributed by atoms with Crippen molar-refractivity contribution in [1.29, 1.82) is 0 Å². The summed E-state index contributed by atoms with van der Waals surface area (Å²) in [5, 5.41) is 63.7. The number of rotatable bonds is 42. The van der Waals surface area contributed by atoms with Gasteiger partial charge in [0, 0.05) is 6.92 Å². The molecule has 0 radical (unpaired) electrons. The van der Waals surface area contributed by atoms with E-state index in [1.165, 1.54) is 61.8 Å². The van der Waals surface area contributed by atoms with Crippen LogP contribution in [0.25, 0.3) is 0 Å². The zero-order chi connectivity index (χ0) is 66.7. The van der Waals surface area contributed by atoms with Crippen LogP contribution in [-0.4, -0.2) is 118 Å². The summed E-state index contributed by atoms with van der Waals surface area (Å²) in [4.78, 5) is 37.6. The molecule has 2 rings (SSSR count). The lowest BCUT2D eigenvalue weighted by Gasteiger charge is -2.47. The van der Waals surface area contributed by atoms with Crippen molar-refractivity contribution in [3.63, 3.8) is 0 Å². The molecule has 2 aliphatic heterocycles. The molecule has 12 atom stereocenters. The fourth-order valence-corrected chi connectivity index (χ4v) is 12.2. The molecule has 0 bridgehead atoms. The van der Waals surface area contributed by atoms with Crippen LogP contribution in [0.3, 0.4) is 0 Å². The predicted molar refractivity (Wildman–Crippen MR) is 351 cm³/mol. The van der Waals surface area contributed by atoms with Gasteiger partial charge in [-0.1, -0.05) is 128 Å². The first-order chi connectivity index (χ1) is 42.0. The van der Waals surface area contributed by atoms with Crippen LogP contribution in [0.1, 0.15) is 218 Å². The van der Waals surface area contributed by atoms with E-state index in [1.54, 1.807) is 6.92 Å². The topological polar surface area (TPSA) is 286 Å². The third-order valence-corrected chi connectivity index (χ3v) is 18.4. The first-order valence-corrected chi connectivity index (χ1v) is 34.9. The third kappa shape index (κ3) is 35.9.